The number of carbonyl (C=O) groups excluding carboxylic acids is 1. The minimum Gasteiger partial charge on any atom is -0.485 e. The number of fused-ring (bicyclic) bond motifs is 1. The Bertz CT molecular complexity index is 361. The molecule has 0 saturated carbocycles. The molecule has 4 heteroatoms. The van der Waals surface area contributed by atoms with Gasteiger partial charge in [-0.05, 0) is 19.1 Å². The van der Waals surface area contributed by atoms with Gasteiger partial charge in [0.15, 0.2) is 11.5 Å². The van der Waals surface area contributed by atoms with Gasteiger partial charge in [0.25, 0.3) is 0 Å². The Labute approximate surface area is 87.8 Å². The summed E-state index contributed by atoms with van der Waals surface area (Å²) in [7, 11) is 0. The van der Waals surface area contributed by atoms with E-state index in [1.165, 1.54) is 0 Å². The lowest BCUT2D eigenvalue weighted by molar-refractivity contribution is -0.153. The van der Waals surface area contributed by atoms with Crippen LogP contribution in [0.15, 0.2) is 24.3 Å². The van der Waals surface area contributed by atoms with Crippen molar-refractivity contribution in [2.45, 2.75) is 13.0 Å². The van der Waals surface area contributed by atoms with Crippen LogP contribution in [0, 0.1) is 0 Å². The molecule has 0 fully saturated rings. The van der Waals surface area contributed by atoms with Gasteiger partial charge in [0.05, 0.1) is 6.61 Å². The lowest BCUT2D eigenvalue weighted by Crippen LogP contribution is -2.37. The summed E-state index contributed by atoms with van der Waals surface area (Å²) in [6, 6.07) is 7.25. The van der Waals surface area contributed by atoms with Crippen LogP contribution in [0.1, 0.15) is 6.92 Å². The van der Waals surface area contributed by atoms with Gasteiger partial charge in [0.1, 0.15) is 6.61 Å². The van der Waals surface area contributed by atoms with Gasteiger partial charge < -0.3 is 14.2 Å². The van der Waals surface area contributed by atoms with Gasteiger partial charge in [0, 0.05) is 0 Å². The third-order valence-electron chi connectivity index (χ3n) is 2.06. The smallest absolute Gasteiger partial charge is 0.350 e. The molecule has 1 heterocycles. The van der Waals surface area contributed by atoms with Crippen LogP contribution in [0.25, 0.3) is 0 Å². The SMILES string of the molecule is CCOC(=O)[C@@H]1COc2ccccc2O1. The summed E-state index contributed by atoms with van der Waals surface area (Å²) in [6.45, 7) is 2.31. The Morgan fingerprint density at radius 1 is 1.47 bits per heavy atom. The number of para-hydroxylation sites is 2. The Morgan fingerprint density at radius 3 is 2.93 bits per heavy atom. The van der Waals surface area contributed by atoms with E-state index in [1.807, 2.05) is 12.1 Å². The molecule has 4 nitrogen and oxygen atoms in total. The monoisotopic (exact) mass is 208 g/mol. The molecule has 0 radical (unpaired) electrons. The molecule has 0 spiro atoms. The minimum atomic E-state index is -0.653. The summed E-state index contributed by atoms with van der Waals surface area (Å²) in [5.74, 6) is 0.867. The highest BCUT2D eigenvalue weighted by Gasteiger charge is 2.28. The summed E-state index contributed by atoms with van der Waals surface area (Å²) in [5, 5.41) is 0. The predicted octanol–water partition coefficient (Wildman–Crippen LogP) is 1.39. The number of hydrogen-bond donors (Lipinski definition) is 0. The van der Waals surface area contributed by atoms with Gasteiger partial charge in [-0.1, -0.05) is 12.1 Å². The molecule has 1 aromatic carbocycles. The maximum absolute atomic E-state index is 11.4. The van der Waals surface area contributed by atoms with E-state index < -0.39 is 6.10 Å². The Morgan fingerprint density at radius 2 is 2.20 bits per heavy atom. The fourth-order valence-corrected chi connectivity index (χ4v) is 1.37. The minimum absolute atomic E-state index is 0.204. The second-order valence-corrected chi connectivity index (χ2v) is 3.12. The Kier molecular flexibility index (Phi) is 2.76. The number of benzene rings is 1. The highest BCUT2D eigenvalue weighted by Crippen LogP contribution is 2.30. The third-order valence-corrected chi connectivity index (χ3v) is 2.06. The average molecular weight is 208 g/mol. The lowest BCUT2D eigenvalue weighted by atomic mass is 10.2. The van der Waals surface area contributed by atoms with Crippen LogP contribution in [0.2, 0.25) is 0 Å². The van der Waals surface area contributed by atoms with Gasteiger partial charge in [-0.3, -0.25) is 0 Å². The molecular weight excluding hydrogens is 196 g/mol. The lowest BCUT2D eigenvalue weighted by Gasteiger charge is -2.24. The van der Waals surface area contributed by atoms with E-state index in [0.29, 0.717) is 18.1 Å². The summed E-state index contributed by atoms with van der Waals surface area (Å²) < 4.78 is 15.7. The van der Waals surface area contributed by atoms with Crippen LogP contribution in [0.5, 0.6) is 11.5 Å². The van der Waals surface area contributed by atoms with Crippen molar-refractivity contribution in [3.05, 3.63) is 24.3 Å². The molecule has 0 unspecified atom stereocenters. The van der Waals surface area contributed by atoms with Crippen molar-refractivity contribution in [2.24, 2.45) is 0 Å². The van der Waals surface area contributed by atoms with Crippen LogP contribution in [0.4, 0.5) is 0 Å². The van der Waals surface area contributed by atoms with Crippen LogP contribution in [0.3, 0.4) is 0 Å². The summed E-state index contributed by atoms with van der Waals surface area (Å²) in [4.78, 5) is 11.4. The van der Waals surface area contributed by atoms with Crippen molar-refractivity contribution < 1.29 is 19.0 Å². The van der Waals surface area contributed by atoms with Crippen LogP contribution >= 0.6 is 0 Å². The summed E-state index contributed by atoms with van der Waals surface area (Å²) in [6.07, 6.45) is -0.653. The van der Waals surface area contributed by atoms with E-state index in [1.54, 1.807) is 19.1 Å². The van der Waals surface area contributed by atoms with Crippen molar-refractivity contribution in [3.63, 3.8) is 0 Å². The zero-order valence-corrected chi connectivity index (χ0v) is 8.43. The fourth-order valence-electron chi connectivity index (χ4n) is 1.37. The molecule has 2 rings (SSSR count). The average Bonchev–Trinajstić information content (AvgIpc) is 2.29. The molecule has 0 saturated heterocycles. The molecule has 1 aliphatic heterocycles. The van der Waals surface area contributed by atoms with Crippen molar-refractivity contribution in [2.75, 3.05) is 13.2 Å². The van der Waals surface area contributed by atoms with Gasteiger partial charge in [-0.2, -0.15) is 0 Å². The quantitative estimate of drug-likeness (QED) is 0.689. The molecule has 0 N–H and O–H groups in total. The molecule has 1 aromatic rings. The highest BCUT2D eigenvalue weighted by atomic mass is 16.6. The largest absolute Gasteiger partial charge is 0.485 e. The number of rotatable bonds is 2. The van der Waals surface area contributed by atoms with Gasteiger partial charge in [-0.25, -0.2) is 4.79 Å². The zero-order chi connectivity index (χ0) is 10.7. The third kappa shape index (κ3) is 2.03. The molecule has 0 bridgehead atoms. The molecule has 1 aliphatic rings. The van der Waals surface area contributed by atoms with E-state index in [2.05, 4.69) is 0 Å². The van der Waals surface area contributed by atoms with Crippen molar-refractivity contribution in [1.82, 2.24) is 0 Å². The highest BCUT2D eigenvalue weighted by molar-refractivity contribution is 5.75. The van der Waals surface area contributed by atoms with Crippen molar-refractivity contribution in [1.29, 1.82) is 0 Å². The Balaban J connectivity index is 2.08. The number of hydrogen-bond acceptors (Lipinski definition) is 4. The fraction of sp³-hybridized carbons (Fsp3) is 0.364. The van der Waals surface area contributed by atoms with Crippen molar-refractivity contribution in [3.8, 4) is 11.5 Å². The standard InChI is InChI=1S/C11H12O4/c1-2-13-11(12)10-7-14-8-5-3-4-6-9(8)15-10/h3-6,10H,2,7H2,1H3/t10-/m0/s1. The first-order chi connectivity index (χ1) is 7.31. The van der Waals surface area contributed by atoms with E-state index in [9.17, 15) is 4.79 Å². The molecule has 0 amide bonds. The summed E-state index contributed by atoms with van der Waals surface area (Å²) in [5.41, 5.74) is 0. The van der Waals surface area contributed by atoms with E-state index in [4.69, 9.17) is 14.2 Å². The van der Waals surface area contributed by atoms with Gasteiger partial charge in [-0.15, -0.1) is 0 Å². The van der Waals surface area contributed by atoms with Crippen LogP contribution in [-0.2, 0) is 9.53 Å². The molecule has 80 valence electrons. The topological polar surface area (TPSA) is 44.8 Å². The number of carbonyl (C=O) groups is 1. The number of esters is 1. The van der Waals surface area contributed by atoms with Crippen molar-refractivity contribution >= 4 is 5.97 Å². The maximum Gasteiger partial charge on any atom is 0.350 e. The zero-order valence-electron chi connectivity index (χ0n) is 8.43. The van der Waals surface area contributed by atoms with Gasteiger partial charge >= 0.3 is 5.97 Å². The van der Waals surface area contributed by atoms with Crippen LogP contribution < -0.4 is 9.47 Å². The second-order valence-electron chi connectivity index (χ2n) is 3.12. The second kappa shape index (κ2) is 4.21. The first kappa shape index (κ1) is 9.83. The van der Waals surface area contributed by atoms with Crippen LogP contribution in [-0.4, -0.2) is 25.3 Å². The first-order valence-electron chi connectivity index (χ1n) is 4.86. The Hall–Kier alpha value is -1.71. The van der Waals surface area contributed by atoms with E-state index in [-0.39, 0.29) is 12.6 Å². The van der Waals surface area contributed by atoms with Gasteiger partial charge in [0.2, 0.25) is 6.10 Å². The first-order valence-corrected chi connectivity index (χ1v) is 4.86. The molecule has 15 heavy (non-hydrogen) atoms. The summed E-state index contributed by atoms with van der Waals surface area (Å²) >= 11 is 0. The maximum atomic E-state index is 11.4. The molecule has 1 atom stereocenters. The molecule has 0 aromatic heterocycles. The molecule has 0 aliphatic carbocycles. The predicted molar refractivity (Wildman–Crippen MR) is 53.0 cm³/mol. The molecular formula is C11H12O4. The number of ether oxygens (including phenoxy) is 3. The van der Waals surface area contributed by atoms with E-state index >= 15 is 0 Å². The van der Waals surface area contributed by atoms with E-state index in [0.717, 1.165) is 0 Å². The normalized spacial score (nSPS) is 18.3.